The van der Waals surface area contributed by atoms with E-state index in [-0.39, 0.29) is 17.0 Å². The predicted octanol–water partition coefficient (Wildman–Crippen LogP) is 6.48. The summed E-state index contributed by atoms with van der Waals surface area (Å²) in [5, 5.41) is 9.39. The van der Waals surface area contributed by atoms with E-state index in [1.54, 1.807) is 23.1 Å². The number of carbonyl (C=O) groups excluding carboxylic acids is 1. The number of hydrogen-bond acceptors (Lipinski definition) is 4. The summed E-state index contributed by atoms with van der Waals surface area (Å²) in [5.74, 6) is -0.243. The Labute approximate surface area is 179 Å². The first-order valence-electron chi connectivity index (χ1n) is 9.48. The minimum atomic E-state index is -1.42. The molecule has 1 heterocycles. The van der Waals surface area contributed by atoms with Gasteiger partial charge in [0, 0.05) is 16.5 Å². The van der Waals surface area contributed by atoms with Crippen molar-refractivity contribution in [3.05, 3.63) is 77.9 Å². The highest BCUT2D eigenvalue weighted by Gasteiger charge is 2.28. The average molecular weight is 422 g/mol. The summed E-state index contributed by atoms with van der Waals surface area (Å²) in [4.78, 5) is 27.2. The number of aryl methyl sites for hydroxylation is 1. The number of carboxylic acid groups (broad SMARTS) is 1. The Hall–Kier alpha value is -3.38. The van der Waals surface area contributed by atoms with Crippen molar-refractivity contribution in [1.29, 1.82) is 0 Å². The van der Waals surface area contributed by atoms with Crippen LogP contribution in [0, 0.1) is 6.92 Å². The van der Waals surface area contributed by atoms with Gasteiger partial charge in [-0.3, -0.25) is 4.79 Å². The summed E-state index contributed by atoms with van der Waals surface area (Å²) in [6.45, 7) is 9.53. The number of rotatable bonds is 6. The maximum absolute atomic E-state index is 13.5. The number of amides is 1. The third kappa shape index (κ3) is 4.44. The molecule has 3 rings (SSSR count). The van der Waals surface area contributed by atoms with Crippen LogP contribution >= 0.6 is 11.3 Å². The first kappa shape index (κ1) is 21.3. The van der Waals surface area contributed by atoms with Crippen molar-refractivity contribution in [1.82, 2.24) is 0 Å². The molecule has 0 aliphatic heterocycles. The molecule has 3 aromatic rings. The molecule has 1 aromatic heterocycles. The summed E-state index contributed by atoms with van der Waals surface area (Å²) in [7, 11) is 0. The topological polar surface area (TPSA) is 66.8 Å². The van der Waals surface area contributed by atoms with E-state index in [0.717, 1.165) is 21.6 Å². The van der Waals surface area contributed by atoms with Crippen LogP contribution < -0.4 is 9.64 Å². The summed E-state index contributed by atoms with van der Waals surface area (Å²) < 4.78 is 5.06. The van der Waals surface area contributed by atoms with Crippen LogP contribution in [0.2, 0.25) is 0 Å². The first-order valence-corrected chi connectivity index (χ1v) is 10.3. The van der Waals surface area contributed by atoms with Crippen molar-refractivity contribution in [2.45, 2.75) is 26.8 Å². The molecule has 154 valence electrons. The van der Waals surface area contributed by atoms with Gasteiger partial charge in [0.25, 0.3) is 5.91 Å². The second-order valence-corrected chi connectivity index (χ2v) is 8.10. The van der Waals surface area contributed by atoms with Gasteiger partial charge in [-0.25, -0.2) is 4.79 Å². The standard InChI is InChI=1S/C24H23NO4S/c1-5-17-13-16(4)11-12-19(17)22(26)25(15(2)3)20-14-21(18-9-7-6-8-10-18)30-23(20)29-24(27)28/h5-15H,1H2,2-4H3,(H,27,28). The van der Waals surface area contributed by atoms with E-state index in [0.29, 0.717) is 11.3 Å². The van der Waals surface area contributed by atoms with E-state index < -0.39 is 6.16 Å². The quantitative estimate of drug-likeness (QED) is 0.463. The van der Waals surface area contributed by atoms with Gasteiger partial charge in [-0.1, -0.05) is 72.0 Å². The number of thiophene rings is 1. The SMILES string of the molecule is C=Cc1cc(C)ccc1C(=O)N(c1cc(-c2ccccc2)sc1OC(=O)O)C(C)C. The molecule has 0 atom stereocenters. The van der Waals surface area contributed by atoms with Crippen molar-refractivity contribution in [2.75, 3.05) is 4.90 Å². The van der Waals surface area contributed by atoms with Crippen LogP contribution in [-0.4, -0.2) is 23.2 Å². The fourth-order valence-electron chi connectivity index (χ4n) is 3.23. The second kappa shape index (κ2) is 8.97. The van der Waals surface area contributed by atoms with Crippen LogP contribution in [0.4, 0.5) is 10.5 Å². The zero-order chi connectivity index (χ0) is 21.8. The number of benzene rings is 2. The molecule has 0 bridgehead atoms. The number of nitrogens with zero attached hydrogens (tertiary/aromatic N) is 1. The van der Waals surface area contributed by atoms with Crippen LogP contribution in [0.15, 0.2) is 61.2 Å². The Morgan fingerprint density at radius 3 is 2.43 bits per heavy atom. The lowest BCUT2D eigenvalue weighted by molar-refractivity contribution is 0.0978. The van der Waals surface area contributed by atoms with E-state index in [2.05, 4.69) is 6.58 Å². The molecule has 30 heavy (non-hydrogen) atoms. The van der Waals surface area contributed by atoms with E-state index in [4.69, 9.17) is 4.74 Å². The number of carbonyl (C=O) groups is 2. The van der Waals surface area contributed by atoms with E-state index in [9.17, 15) is 14.7 Å². The smallest absolute Gasteiger partial charge is 0.449 e. The Balaban J connectivity index is 2.13. The largest absolute Gasteiger partial charge is 0.512 e. The molecule has 0 aliphatic rings. The number of hydrogen-bond donors (Lipinski definition) is 1. The number of anilines is 1. The molecule has 0 spiro atoms. The third-order valence-electron chi connectivity index (χ3n) is 4.57. The highest BCUT2D eigenvalue weighted by molar-refractivity contribution is 7.18. The normalized spacial score (nSPS) is 10.7. The molecule has 0 fully saturated rings. The van der Waals surface area contributed by atoms with Gasteiger partial charge in [0.05, 0.1) is 5.69 Å². The fourth-order valence-corrected chi connectivity index (χ4v) is 4.23. The van der Waals surface area contributed by atoms with Crippen LogP contribution in [0.1, 0.15) is 35.3 Å². The zero-order valence-electron chi connectivity index (χ0n) is 17.1. The molecule has 1 N–H and O–H groups in total. The van der Waals surface area contributed by atoms with Crippen molar-refractivity contribution in [3.8, 4) is 15.5 Å². The maximum atomic E-state index is 13.5. The second-order valence-electron chi connectivity index (χ2n) is 7.08. The van der Waals surface area contributed by atoms with E-state index in [1.165, 1.54) is 11.3 Å². The fraction of sp³-hybridized carbons (Fsp3) is 0.167. The minimum Gasteiger partial charge on any atom is -0.449 e. The molecule has 2 aromatic carbocycles. The molecule has 0 saturated heterocycles. The van der Waals surface area contributed by atoms with Gasteiger partial charge in [0.2, 0.25) is 5.06 Å². The molecular formula is C24H23NO4S. The Morgan fingerprint density at radius 2 is 1.83 bits per heavy atom. The van der Waals surface area contributed by atoms with Gasteiger partial charge >= 0.3 is 6.16 Å². The zero-order valence-corrected chi connectivity index (χ0v) is 17.9. The Morgan fingerprint density at radius 1 is 1.13 bits per heavy atom. The maximum Gasteiger partial charge on any atom is 0.512 e. The molecule has 6 heteroatoms. The first-order chi connectivity index (χ1) is 14.3. The van der Waals surface area contributed by atoms with E-state index >= 15 is 0 Å². The molecule has 5 nitrogen and oxygen atoms in total. The monoisotopic (exact) mass is 421 g/mol. The average Bonchev–Trinajstić information content (AvgIpc) is 3.10. The Bertz CT molecular complexity index is 1090. The minimum absolute atomic E-state index is 0.163. The molecule has 1 amide bonds. The van der Waals surface area contributed by atoms with Crippen LogP contribution in [-0.2, 0) is 0 Å². The summed E-state index contributed by atoms with van der Waals surface area (Å²) in [6, 6.07) is 16.7. The number of ether oxygens (including phenoxy) is 1. The third-order valence-corrected chi connectivity index (χ3v) is 5.62. The van der Waals surface area contributed by atoms with Crippen molar-refractivity contribution in [3.63, 3.8) is 0 Å². The van der Waals surface area contributed by atoms with Crippen LogP contribution in [0.3, 0.4) is 0 Å². The Kier molecular flexibility index (Phi) is 6.37. The van der Waals surface area contributed by atoms with Gasteiger partial charge in [0.1, 0.15) is 0 Å². The highest BCUT2D eigenvalue weighted by Crippen LogP contribution is 2.44. The van der Waals surface area contributed by atoms with Crippen molar-refractivity contribution < 1.29 is 19.4 Å². The highest BCUT2D eigenvalue weighted by atomic mass is 32.1. The summed E-state index contributed by atoms with van der Waals surface area (Å²) in [6.07, 6.45) is 0.229. The molecule has 0 radical (unpaired) electrons. The lowest BCUT2D eigenvalue weighted by atomic mass is 10.0. The lowest BCUT2D eigenvalue weighted by Crippen LogP contribution is -2.37. The van der Waals surface area contributed by atoms with Crippen LogP contribution in [0.5, 0.6) is 5.06 Å². The van der Waals surface area contributed by atoms with Gasteiger partial charge in [-0.15, -0.1) is 0 Å². The van der Waals surface area contributed by atoms with Crippen LogP contribution in [0.25, 0.3) is 16.5 Å². The molecular weight excluding hydrogens is 398 g/mol. The molecule has 0 saturated carbocycles. The predicted molar refractivity (Wildman–Crippen MR) is 122 cm³/mol. The van der Waals surface area contributed by atoms with Crippen molar-refractivity contribution in [2.24, 2.45) is 0 Å². The van der Waals surface area contributed by atoms with Gasteiger partial charge < -0.3 is 14.7 Å². The molecule has 0 unspecified atom stereocenters. The lowest BCUT2D eigenvalue weighted by Gasteiger charge is -2.27. The van der Waals surface area contributed by atoms with Crippen molar-refractivity contribution >= 4 is 35.2 Å². The van der Waals surface area contributed by atoms with E-state index in [1.807, 2.05) is 63.2 Å². The van der Waals surface area contributed by atoms with Gasteiger partial charge in [-0.2, -0.15) is 0 Å². The summed E-state index contributed by atoms with van der Waals surface area (Å²) >= 11 is 1.19. The molecule has 0 aliphatic carbocycles. The summed E-state index contributed by atoms with van der Waals surface area (Å²) in [5.41, 5.74) is 3.59. The van der Waals surface area contributed by atoms with Gasteiger partial charge in [0.15, 0.2) is 0 Å². The van der Waals surface area contributed by atoms with Gasteiger partial charge in [-0.05, 0) is 44.0 Å².